The Labute approximate surface area is 183 Å². The normalized spacial score (nSPS) is 15.1. The second-order valence-electron chi connectivity index (χ2n) is 7.13. The van der Waals surface area contributed by atoms with Crippen LogP contribution in [0.5, 0.6) is 0 Å². The third-order valence-corrected chi connectivity index (χ3v) is 7.50. The van der Waals surface area contributed by atoms with Crippen molar-refractivity contribution < 1.29 is 13.2 Å². The van der Waals surface area contributed by atoms with Gasteiger partial charge in [0.1, 0.15) is 6.04 Å². The molecule has 0 bridgehead atoms. The molecule has 1 aromatic carbocycles. The molecule has 1 unspecified atom stereocenters. The average Bonchev–Trinajstić information content (AvgIpc) is 3.20. The van der Waals surface area contributed by atoms with Crippen LogP contribution in [0.3, 0.4) is 0 Å². The van der Waals surface area contributed by atoms with E-state index in [0.717, 1.165) is 23.3 Å². The van der Waals surface area contributed by atoms with Gasteiger partial charge in [0.15, 0.2) is 10.6 Å². The summed E-state index contributed by atoms with van der Waals surface area (Å²) in [7, 11) is -3.48. The molecular formula is C19H21N5O3S3. The van der Waals surface area contributed by atoms with E-state index in [1.165, 1.54) is 11.3 Å². The minimum Gasteiger partial charge on any atom is -0.350 e. The molecule has 3 N–H and O–H groups in total. The number of thiophene rings is 1. The standard InChI is InChI=1S/C19H21N5O3S3/c1-12(24-17(21-22-19(24)28)16-3-2-10-29-16)18(25)20-11-13-4-8-15(9-5-13)30(26,27)23-14-6-7-14/h2-5,8-10,12,14,23H,6-7,11H2,1H3,(H,20,25)(H,22,28). The average molecular weight is 464 g/mol. The first-order valence-corrected chi connectivity index (χ1v) is 12.2. The lowest BCUT2D eigenvalue weighted by Gasteiger charge is -2.15. The summed E-state index contributed by atoms with van der Waals surface area (Å²) >= 11 is 6.83. The monoisotopic (exact) mass is 463 g/mol. The summed E-state index contributed by atoms with van der Waals surface area (Å²) in [6.07, 6.45) is 1.77. The van der Waals surface area contributed by atoms with E-state index in [1.54, 1.807) is 35.8 Å². The lowest BCUT2D eigenvalue weighted by Crippen LogP contribution is -2.31. The molecule has 1 amide bonds. The summed E-state index contributed by atoms with van der Waals surface area (Å²) in [6.45, 7) is 2.04. The van der Waals surface area contributed by atoms with Crippen LogP contribution in [0.4, 0.5) is 0 Å². The van der Waals surface area contributed by atoms with Crippen molar-refractivity contribution in [3.63, 3.8) is 0 Å². The number of aromatic nitrogens is 3. The Morgan fingerprint density at radius 1 is 1.33 bits per heavy atom. The van der Waals surface area contributed by atoms with E-state index >= 15 is 0 Å². The summed E-state index contributed by atoms with van der Waals surface area (Å²) in [5.41, 5.74) is 0.801. The molecule has 30 heavy (non-hydrogen) atoms. The SMILES string of the molecule is CC(C(=O)NCc1ccc(S(=O)(=O)NC2CC2)cc1)n1c(-c2cccs2)n[nH]c1=S. The van der Waals surface area contributed by atoms with Crippen molar-refractivity contribution in [2.75, 3.05) is 0 Å². The zero-order chi connectivity index (χ0) is 21.3. The van der Waals surface area contributed by atoms with Crippen molar-refractivity contribution in [2.24, 2.45) is 0 Å². The molecule has 1 aliphatic carbocycles. The molecule has 0 aliphatic heterocycles. The third kappa shape index (κ3) is 4.53. The zero-order valence-corrected chi connectivity index (χ0v) is 18.6. The fraction of sp³-hybridized carbons (Fsp3) is 0.316. The predicted molar refractivity (Wildman–Crippen MR) is 117 cm³/mol. The van der Waals surface area contributed by atoms with Crippen molar-refractivity contribution in [1.82, 2.24) is 24.8 Å². The molecule has 0 saturated heterocycles. The van der Waals surface area contributed by atoms with Gasteiger partial charge >= 0.3 is 0 Å². The molecule has 4 rings (SSSR count). The Hall–Kier alpha value is -2.34. The van der Waals surface area contributed by atoms with Crippen molar-refractivity contribution in [3.05, 3.63) is 52.1 Å². The summed E-state index contributed by atoms with van der Waals surface area (Å²) in [4.78, 5) is 13.9. The van der Waals surface area contributed by atoms with Gasteiger partial charge in [0.25, 0.3) is 0 Å². The van der Waals surface area contributed by atoms with E-state index in [1.807, 2.05) is 17.5 Å². The number of nitrogens with zero attached hydrogens (tertiary/aromatic N) is 2. The van der Waals surface area contributed by atoms with Gasteiger partial charge in [-0.2, -0.15) is 5.10 Å². The minimum absolute atomic E-state index is 0.0595. The van der Waals surface area contributed by atoms with Crippen molar-refractivity contribution in [2.45, 2.75) is 43.3 Å². The summed E-state index contributed by atoms with van der Waals surface area (Å²) < 4.78 is 29.2. The van der Waals surface area contributed by atoms with Gasteiger partial charge in [-0.1, -0.05) is 18.2 Å². The van der Waals surface area contributed by atoms with Crippen LogP contribution >= 0.6 is 23.6 Å². The van der Waals surface area contributed by atoms with E-state index in [0.29, 0.717) is 10.6 Å². The second-order valence-corrected chi connectivity index (χ2v) is 10.2. The van der Waals surface area contributed by atoms with Crippen molar-refractivity contribution >= 4 is 39.5 Å². The Balaban J connectivity index is 1.41. The number of rotatable bonds is 8. The lowest BCUT2D eigenvalue weighted by molar-refractivity contribution is -0.124. The van der Waals surface area contributed by atoms with Crippen LogP contribution in [-0.4, -0.2) is 35.1 Å². The molecular weight excluding hydrogens is 442 g/mol. The fourth-order valence-electron chi connectivity index (χ4n) is 2.97. The summed E-state index contributed by atoms with van der Waals surface area (Å²) in [5, 5.41) is 11.8. The molecule has 3 aromatic rings. The van der Waals surface area contributed by atoms with Gasteiger partial charge in [-0.05, 0) is 61.1 Å². The zero-order valence-electron chi connectivity index (χ0n) is 16.2. The number of hydrogen-bond acceptors (Lipinski definition) is 6. The van der Waals surface area contributed by atoms with Gasteiger partial charge in [0, 0.05) is 12.6 Å². The predicted octanol–water partition coefficient (Wildman–Crippen LogP) is 2.99. The number of carbonyl (C=O) groups excluding carboxylic acids is 1. The van der Waals surface area contributed by atoms with E-state index < -0.39 is 16.1 Å². The van der Waals surface area contributed by atoms with Crippen LogP contribution in [0.25, 0.3) is 10.7 Å². The van der Waals surface area contributed by atoms with E-state index in [2.05, 4.69) is 20.2 Å². The van der Waals surface area contributed by atoms with Crippen LogP contribution < -0.4 is 10.0 Å². The molecule has 1 aliphatic rings. The number of hydrogen-bond donors (Lipinski definition) is 3. The van der Waals surface area contributed by atoms with Crippen molar-refractivity contribution in [1.29, 1.82) is 0 Å². The van der Waals surface area contributed by atoms with Gasteiger partial charge in [0.2, 0.25) is 15.9 Å². The number of sulfonamides is 1. The largest absolute Gasteiger partial charge is 0.350 e. The smallest absolute Gasteiger partial charge is 0.243 e. The van der Waals surface area contributed by atoms with E-state index in [4.69, 9.17) is 12.2 Å². The molecule has 11 heteroatoms. The Morgan fingerprint density at radius 2 is 2.07 bits per heavy atom. The fourth-order valence-corrected chi connectivity index (χ4v) is 5.28. The Bertz CT molecular complexity index is 1190. The van der Waals surface area contributed by atoms with E-state index in [9.17, 15) is 13.2 Å². The van der Waals surface area contributed by atoms with Crippen molar-refractivity contribution in [3.8, 4) is 10.7 Å². The Morgan fingerprint density at radius 3 is 2.70 bits per heavy atom. The van der Waals surface area contributed by atoms with Crippen LogP contribution in [0.1, 0.15) is 31.4 Å². The molecule has 1 atom stereocenters. The van der Waals surface area contributed by atoms with Gasteiger partial charge in [-0.15, -0.1) is 11.3 Å². The maximum atomic E-state index is 12.7. The molecule has 2 heterocycles. The maximum Gasteiger partial charge on any atom is 0.243 e. The third-order valence-electron chi connectivity index (χ3n) is 4.81. The highest BCUT2D eigenvalue weighted by Gasteiger charge is 2.28. The first kappa shape index (κ1) is 20.9. The number of amides is 1. The topological polar surface area (TPSA) is 109 Å². The van der Waals surface area contributed by atoms with E-state index in [-0.39, 0.29) is 23.4 Å². The quantitative estimate of drug-likeness (QED) is 0.445. The summed E-state index contributed by atoms with van der Waals surface area (Å²) in [5.74, 6) is 0.410. The van der Waals surface area contributed by atoms with Crippen LogP contribution in [0.15, 0.2) is 46.7 Å². The molecule has 0 radical (unpaired) electrons. The molecule has 2 aromatic heterocycles. The number of carbonyl (C=O) groups is 1. The molecule has 0 spiro atoms. The number of aromatic amines is 1. The first-order valence-electron chi connectivity index (χ1n) is 9.45. The lowest BCUT2D eigenvalue weighted by atomic mass is 10.2. The number of H-pyrrole nitrogens is 1. The summed E-state index contributed by atoms with van der Waals surface area (Å²) in [6, 6.07) is 9.84. The molecule has 158 valence electrons. The van der Waals surface area contributed by atoms with Crippen LogP contribution in [0.2, 0.25) is 0 Å². The van der Waals surface area contributed by atoms with Gasteiger partial charge in [0.05, 0.1) is 9.77 Å². The minimum atomic E-state index is -3.48. The highest BCUT2D eigenvalue weighted by atomic mass is 32.2. The van der Waals surface area contributed by atoms with Gasteiger partial charge in [-0.3, -0.25) is 14.5 Å². The van der Waals surface area contributed by atoms with Gasteiger partial charge in [-0.25, -0.2) is 13.1 Å². The number of nitrogens with one attached hydrogen (secondary N) is 3. The Kier molecular flexibility index (Phi) is 5.87. The molecule has 8 nitrogen and oxygen atoms in total. The highest BCUT2D eigenvalue weighted by molar-refractivity contribution is 7.89. The van der Waals surface area contributed by atoms with Gasteiger partial charge < -0.3 is 5.32 Å². The maximum absolute atomic E-state index is 12.7. The second kappa shape index (κ2) is 8.42. The van der Waals surface area contributed by atoms with Crippen LogP contribution in [-0.2, 0) is 21.4 Å². The first-order chi connectivity index (χ1) is 14.3. The highest BCUT2D eigenvalue weighted by Crippen LogP contribution is 2.26. The number of benzene rings is 1. The molecule has 1 saturated carbocycles. The molecule has 1 fully saturated rings. The van der Waals surface area contributed by atoms with Crippen LogP contribution in [0, 0.1) is 4.77 Å².